The van der Waals surface area contributed by atoms with Crippen molar-refractivity contribution in [1.29, 1.82) is 0 Å². The maximum atomic E-state index is 13.9. The van der Waals surface area contributed by atoms with Gasteiger partial charge in [-0.2, -0.15) is 18.3 Å². The number of rotatable bonds is 3. The van der Waals surface area contributed by atoms with Crippen LogP contribution in [0.2, 0.25) is 0 Å². The Morgan fingerprint density at radius 3 is 2.63 bits per heavy atom. The van der Waals surface area contributed by atoms with E-state index in [4.69, 9.17) is 12.2 Å². The highest BCUT2D eigenvalue weighted by atomic mass is 32.1. The van der Waals surface area contributed by atoms with Crippen molar-refractivity contribution in [2.45, 2.75) is 26.6 Å². The molecule has 0 atom stereocenters. The molecule has 154 valence electrons. The molecular weight excluding hydrogens is 415 g/mol. The highest BCUT2D eigenvalue weighted by Crippen LogP contribution is 2.36. The Labute approximate surface area is 173 Å². The Morgan fingerprint density at radius 1 is 1.23 bits per heavy atom. The molecule has 0 radical (unpaired) electrons. The Kier molecular flexibility index (Phi) is 4.81. The zero-order valence-corrected chi connectivity index (χ0v) is 16.8. The van der Waals surface area contributed by atoms with Gasteiger partial charge in [0.1, 0.15) is 0 Å². The summed E-state index contributed by atoms with van der Waals surface area (Å²) in [5, 5.41) is 3.54. The monoisotopic (exact) mass is 431 g/mol. The summed E-state index contributed by atoms with van der Waals surface area (Å²) in [4.78, 5) is 19.3. The molecular formula is C20H16F3N5OS. The van der Waals surface area contributed by atoms with Gasteiger partial charge in [0, 0.05) is 18.3 Å². The summed E-state index contributed by atoms with van der Waals surface area (Å²) < 4.78 is 44.7. The molecule has 0 amide bonds. The number of benzene rings is 1. The third kappa shape index (κ3) is 3.43. The fraction of sp³-hybridized carbons (Fsp3) is 0.200. The van der Waals surface area contributed by atoms with E-state index in [9.17, 15) is 18.0 Å². The van der Waals surface area contributed by atoms with Crippen molar-refractivity contribution >= 4 is 23.3 Å². The van der Waals surface area contributed by atoms with Crippen LogP contribution in [0.25, 0.3) is 28.0 Å². The lowest BCUT2D eigenvalue weighted by Gasteiger charge is -2.16. The van der Waals surface area contributed by atoms with Gasteiger partial charge in [0.25, 0.3) is 5.56 Å². The van der Waals surface area contributed by atoms with Gasteiger partial charge in [0.2, 0.25) is 0 Å². The van der Waals surface area contributed by atoms with E-state index in [0.717, 1.165) is 11.6 Å². The van der Waals surface area contributed by atoms with Crippen molar-refractivity contribution in [3.05, 3.63) is 69.0 Å². The SMILES string of the molecule is CCn1cc(-c2cc(C(F)(F)F)c3c(=O)[nH]c(=S)n(-c4cccc(C)c4)c3n2)cn1. The van der Waals surface area contributed by atoms with Crippen LogP contribution in [0.1, 0.15) is 18.1 Å². The number of aromatic nitrogens is 5. The standard InChI is InChI=1S/C20H16F3N5OS/c1-3-27-10-12(9-24-27)15-8-14(20(21,22)23)16-17(25-15)28(19(30)26-18(16)29)13-6-4-5-11(2)7-13/h4-10H,3H2,1-2H3,(H,26,29,30). The Balaban J connectivity index is 2.16. The topological polar surface area (TPSA) is 68.5 Å². The lowest BCUT2D eigenvalue weighted by molar-refractivity contribution is -0.136. The number of nitrogens with zero attached hydrogens (tertiary/aromatic N) is 4. The zero-order chi connectivity index (χ0) is 21.6. The fourth-order valence-electron chi connectivity index (χ4n) is 3.28. The molecule has 0 fully saturated rings. The van der Waals surface area contributed by atoms with Gasteiger partial charge in [0.05, 0.1) is 28.5 Å². The molecule has 0 unspecified atom stereocenters. The van der Waals surface area contributed by atoms with Crippen molar-refractivity contribution in [2.75, 3.05) is 0 Å². The first kappa shape index (κ1) is 20.0. The van der Waals surface area contributed by atoms with Crippen LogP contribution in [0.5, 0.6) is 0 Å². The van der Waals surface area contributed by atoms with Gasteiger partial charge in [-0.05, 0) is 49.8 Å². The van der Waals surface area contributed by atoms with E-state index in [-0.39, 0.29) is 16.1 Å². The van der Waals surface area contributed by atoms with Gasteiger partial charge >= 0.3 is 6.18 Å². The first-order chi connectivity index (χ1) is 14.2. The van der Waals surface area contributed by atoms with Crippen LogP contribution in [0.3, 0.4) is 0 Å². The second kappa shape index (κ2) is 7.21. The second-order valence-corrected chi connectivity index (χ2v) is 7.16. The van der Waals surface area contributed by atoms with Crippen molar-refractivity contribution in [3.63, 3.8) is 0 Å². The van der Waals surface area contributed by atoms with E-state index in [1.165, 1.54) is 10.8 Å². The second-order valence-electron chi connectivity index (χ2n) is 6.77. The summed E-state index contributed by atoms with van der Waals surface area (Å²) in [6, 6.07) is 7.92. The molecule has 6 nitrogen and oxygen atoms in total. The molecule has 0 spiro atoms. The number of alkyl halides is 3. The quantitative estimate of drug-likeness (QED) is 0.480. The van der Waals surface area contributed by atoms with Crippen molar-refractivity contribution in [3.8, 4) is 16.9 Å². The minimum atomic E-state index is -4.77. The summed E-state index contributed by atoms with van der Waals surface area (Å²) in [6.07, 6.45) is -1.72. The summed E-state index contributed by atoms with van der Waals surface area (Å²) in [5.41, 5.74) is -0.335. The average molecular weight is 431 g/mol. The largest absolute Gasteiger partial charge is 0.417 e. The van der Waals surface area contributed by atoms with E-state index in [1.54, 1.807) is 29.1 Å². The first-order valence-corrected chi connectivity index (χ1v) is 9.47. The van der Waals surface area contributed by atoms with Crippen LogP contribution < -0.4 is 5.56 Å². The molecule has 1 aromatic carbocycles. The molecule has 10 heteroatoms. The van der Waals surface area contributed by atoms with Crippen LogP contribution in [0.4, 0.5) is 13.2 Å². The minimum Gasteiger partial charge on any atom is -0.298 e. The summed E-state index contributed by atoms with van der Waals surface area (Å²) in [5.74, 6) is 0. The normalized spacial score (nSPS) is 11.9. The number of H-pyrrole nitrogens is 1. The van der Waals surface area contributed by atoms with E-state index >= 15 is 0 Å². The average Bonchev–Trinajstić information content (AvgIpc) is 3.15. The number of aromatic amines is 1. The van der Waals surface area contributed by atoms with Gasteiger partial charge in [0.15, 0.2) is 10.4 Å². The molecule has 0 saturated carbocycles. The van der Waals surface area contributed by atoms with Crippen LogP contribution in [0.15, 0.2) is 47.5 Å². The van der Waals surface area contributed by atoms with Crippen LogP contribution >= 0.6 is 12.2 Å². The lowest BCUT2D eigenvalue weighted by atomic mass is 10.1. The highest BCUT2D eigenvalue weighted by molar-refractivity contribution is 7.71. The number of halogens is 3. The maximum Gasteiger partial charge on any atom is 0.417 e. The van der Waals surface area contributed by atoms with Crippen LogP contribution in [0, 0.1) is 11.7 Å². The van der Waals surface area contributed by atoms with Gasteiger partial charge in [-0.15, -0.1) is 0 Å². The van der Waals surface area contributed by atoms with E-state index in [2.05, 4.69) is 15.1 Å². The van der Waals surface area contributed by atoms with E-state index in [1.807, 2.05) is 19.9 Å². The number of hydrogen-bond acceptors (Lipinski definition) is 4. The number of fused-ring (bicyclic) bond motifs is 1. The van der Waals surface area contributed by atoms with Crippen LogP contribution in [-0.2, 0) is 12.7 Å². The number of pyridine rings is 1. The maximum absolute atomic E-state index is 13.9. The van der Waals surface area contributed by atoms with Gasteiger partial charge < -0.3 is 0 Å². The predicted molar refractivity (Wildman–Crippen MR) is 109 cm³/mol. The van der Waals surface area contributed by atoms with E-state index in [0.29, 0.717) is 17.8 Å². The van der Waals surface area contributed by atoms with Gasteiger partial charge in [-0.3, -0.25) is 19.0 Å². The lowest BCUT2D eigenvalue weighted by Crippen LogP contribution is -2.20. The summed E-state index contributed by atoms with van der Waals surface area (Å²) in [7, 11) is 0. The third-order valence-electron chi connectivity index (χ3n) is 4.68. The Hall–Kier alpha value is -3.27. The molecule has 4 aromatic rings. The highest BCUT2D eigenvalue weighted by Gasteiger charge is 2.35. The fourth-order valence-corrected chi connectivity index (χ4v) is 3.56. The van der Waals surface area contributed by atoms with Gasteiger partial charge in [-0.25, -0.2) is 4.98 Å². The molecule has 0 aliphatic carbocycles. The number of aryl methyl sites for hydroxylation is 2. The molecule has 1 N–H and O–H groups in total. The molecule has 0 bridgehead atoms. The Bertz CT molecular complexity index is 1380. The molecule has 3 aromatic heterocycles. The molecule has 0 saturated heterocycles. The van der Waals surface area contributed by atoms with E-state index < -0.39 is 22.7 Å². The summed E-state index contributed by atoms with van der Waals surface area (Å²) in [6.45, 7) is 4.26. The smallest absolute Gasteiger partial charge is 0.298 e. The zero-order valence-electron chi connectivity index (χ0n) is 16.0. The molecule has 4 rings (SSSR count). The number of nitrogens with one attached hydrogen (secondary N) is 1. The molecule has 0 aliphatic rings. The third-order valence-corrected chi connectivity index (χ3v) is 4.97. The minimum absolute atomic E-state index is 0.0415. The molecule has 30 heavy (non-hydrogen) atoms. The van der Waals surface area contributed by atoms with Gasteiger partial charge in [-0.1, -0.05) is 12.1 Å². The first-order valence-electron chi connectivity index (χ1n) is 9.06. The van der Waals surface area contributed by atoms with Crippen LogP contribution in [-0.4, -0.2) is 24.3 Å². The van der Waals surface area contributed by atoms with Crippen molar-refractivity contribution < 1.29 is 13.2 Å². The predicted octanol–water partition coefficient (Wildman–Crippen LogP) is 4.65. The van der Waals surface area contributed by atoms with Crippen molar-refractivity contribution in [1.82, 2.24) is 24.3 Å². The Morgan fingerprint density at radius 2 is 2.00 bits per heavy atom. The van der Waals surface area contributed by atoms with Crippen molar-refractivity contribution in [2.24, 2.45) is 0 Å². The molecule has 3 heterocycles. The molecule has 0 aliphatic heterocycles. The number of hydrogen-bond donors (Lipinski definition) is 1. The summed E-state index contributed by atoms with van der Waals surface area (Å²) >= 11 is 5.28.